The van der Waals surface area contributed by atoms with E-state index in [4.69, 9.17) is 26.8 Å². The van der Waals surface area contributed by atoms with Gasteiger partial charge in [-0.15, -0.1) is 0 Å². The number of halogens is 1. The Balaban J connectivity index is 2.34. The second-order valence-electron chi connectivity index (χ2n) is 6.04. The number of fused-ring (bicyclic) bond motifs is 1. The smallest absolute Gasteiger partial charge is 0.169 e. The molecule has 0 saturated carbocycles. The van der Waals surface area contributed by atoms with Crippen LogP contribution >= 0.6 is 11.6 Å². The second kappa shape index (κ2) is 7.81. The lowest BCUT2D eigenvalue weighted by molar-refractivity contribution is 0.295. The Hall–Kier alpha value is -2.49. The Kier molecular flexibility index (Phi) is 5.50. The third-order valence-corrected chi connectivity index (χ3v) is 4.54. The Morgan fingerprint density at radius 2 is 2.23 bits per heavy atom. The maximum atomic E-state index is 9.73. The van der Waals surface area contributed by atoms with E-state index in [0.29, 0.717) is 46.4 Å². The molecule has 1 aromatic heterocycles. The molecule has 0 aliphatic carbocycles. The van der Waals surface area contributed by atoms with E-state index >= 15 is 0 Å². The highest BCUT2D eigenvalue weighted by Gasteiger charge is 2.26. The lowest BCUT2D eigenvalue weighted by Crippen LogP contribution is -2.26. The molecule has 3 rings (SSSR count). The molecule has 1 aromatic carbocycles. The van der Waals surface area contributed by atoms with Crippen molar-refractivity contribution in [3.05, 3.63) is 34.0 Å². The normalized spacial score (nSPS) is 13.0. The SMILES string of the molecule is CCCOc1c(OC)cc(Cl)cc1-c1c(C#N)c(N)nc2c1CNCC2. The van der Waals surface area contributed by atoms with Crippen molar-refractivity contribution in [2.24, 2.45) is 0 Å². The fourth-order valence-corrected chi connectivity index (χ4v) is 3.39. The highest BCUT2D eigenvalue weighted by Crippen LogP contribution is 2.45. The molecule has 0 bridgehead atoms. The van der Waals surface area contributed by atoms with Crippen molar-refractivity contribution < 1.29 is 9.47 Å². The van der Waals surface area contributed by atoms with Crippen molar-refractivity contribution in [3.63, 3.8) is 0 Å². The van der Waals surface area contributed by atoms with Crippen LogP contribution in [0.25, 0.3) is 11.1 Å². The molecule has 1 aliphatic heterocycles. The molecule has 0 atom stereocenters. The van der Waals surface area contributed by atoms with Crippen LogP contribution in [0.4, 0.5) is 5.82 Å². The van der Waals surface area contributed by atoms with E-state index in [-0.39, 0.29) is 5.82 Å². The highest BCUT2D eigenvalue weighted by atomic mass is 35.5. The molecule has 2 aromatic rings. The quantitative estimate of drug-likeness (QED) is 0.836. The number of nitrogens with zero attached hydrogens (tertiary/aromatic N) is 2. The van der Waals surface area contributed by atoms with Crippen LogP contribution in [0.5, 0.6) is 11.5 Å². The molecule has 7 heteroatoms. The lowest BCUT2D eigenvalue weighted by atomic mass is 9.91. The van der Waals surface area contributed by atoms with Gasteiger partial charge in [0.25, 0.3) is 0 Å². The van der Waals surface area contributed by atoms with Crippen molar-refractivity contribution in [1.82, 2.24) is 10.3 Å². The number of ether oxygens (including phenoxy) is 2. The number of benzene rings is 1. The monoisotopic (exact) mass is 372 g/mol. The Morgan fingerprint density at radius 3 is 2.92 bits per heavy atom. The van der Waals surface area contributed by atoms with E-state index in [1.165, 1.54) is 0 Å². The average molecular weight is 373 g/mol. The number of rotatable bonds is 5. The Morgan fingerprint density at radius 1 is 1.42 bits per heavy atom. The highest BCUT2D eigenvalue weighted by molar-refractivity contribution is 6.31. The number of hydrogen-bond acceptors (Lipinski definition) is 6. The lowest BCUT2D eigenvalue weighted by Gasteiger charge is -2.24. The van der Waals surface area contributed by atoms with Crippen LogP contribution < -0.4 is 20.5 Å². The summed E-state index contributed by atoms with van der Waals surface area (Å²) in [6, 6.07) is 5.69. The fourth-order valence-electron chi connectivity index (χ4n) is 3.18. The molecule has 6 nitrogen and oxygen atoms in total. The number of nitrogens with one attached hydrogen (secondary N) is 1. The predicted molar refractivity (Wildman–Crippen MR) is 102 cm³/mol. The molecule has 0 unspecified atom stereocenters. The molecule has 0 amide bonds. The van der Waals surface area contributed by atoms with Crippen molar-refractivity contribution in [3.8, 4) is 28.7 Å². The molecular weight excluding hydrogens is 352 g/mol. The first-order valence-electron chi connectivity index (χ1n) is 8.53. The van der Waals surface area contributed by atoms with Gasteiger partial charge in [-0.2, -0.15) is 5.26 Å². The number of anilines is 1. The minimum absolute atomic E-state index is 0.225. The van der Waals surface area contributed by atoms with Gasteiger partial charge in [0.05, 0.1) is 13.7 Å². The number of methoxy groups -OCH3 is 1. The maximum Gasteiger partial charge on any atom is 0.169 e. The molecule has 0 radical (unpaired) electrons. The zero-order valence-electron chi connectivity index (χ0n) is 14.9. The fraction of sp³-hybridized carbons (Fsp3) is 0.368. The van der Waals surface area contributed by atoms with E-state index in [9.17, 15) is 5.26 Å². The Bertz CT molecular complexity index is 877. The van der Waals surface area contributed by atoms with E-state index in [2.05, 4.69) is 16.4 Å². The average Bonchev–Trinajstić information content (AvgIpc) is 2.65. The molecule has 136 valence electrons. The van der Waals surface area contributed by atoms with Gasteiger partial charge in [0.2, 0.25) is 0 Å². The summed E-state index contributed by atoms with van der Waals surface area (Å²) < 4.78 is 11.5. The van der Waals surface area contributed by atoms with Gasteiger partial charge in [-0.25, -0.2) is 4.98 Å². The number of hydrogen-bond donors (Lipinski definition) is 2. The van der Waals surface area contributed by atoms with Crippen molar-refractivity contribution in [2.45, 2.75) is 26.3 Å². The number of aromatic nitrogens is 1. The summed E-state index contributed by atoms with van der Waals surface area (Å²) in [6.07, 6.45) is 1.59. The predicted octanol–water partition coefficient (Wildman–Crippen LogP) is 3.30. The van der Waals surface area contributed by atoms with Gasteiger partial charge in [0, 0.05) is 47.4 Å². The molecule has 0 fully saturated rings. The van der Waals surface area contributed by atoms with Crippen molar-refractivity contribution >= 4 is 17.4 Å². The first kappa shape index (κ1) is 18.3. The standard InChI is InChI=1S/C19H21ClN4O2/c1-3-6-26-18-12(7-11(20)8-16(18)25-2)17-13(9-21)19(22)24-15-4-5-23-10-14(15)17/h7-8,23H,3-6,10H2,1-2H3,(H2,22,24). The Labute approximate surface area is 157 Å². The number of nitrogens with two attached hydrogens (primary N) is 1. The topological polar surface area (TPSA) is 93.2 Å². The second-order valence-corrected chi connectivity index (χ2v) is 6.48. The summed E-state index contributed by atoms with van der Waals surface area (Å²) in [7, 11) is 1.57. The van der Waals surface area contributed by atoms with Gasteiger partial charge in [0.15, 0.2) is 11.5 Å². The zero-order valence-corrected chi connectivity index (χ0v) is 15.6. The molecular formula is C19H21ClN4O2. The van der Waals surface area contributed by atoms with Crippen LogP contribution in [0.1, 0.15) is 30.2 Å². The summed E-state index contributed by atoms with van der Waals surface area (Å²) in [5.41, 5.74) is 9.69. The van der Waals surface area contributed by atoms with Crippen LogP contribution in [0, 0.1) is 11.3 Å². The molecule has 3 N–H and O–H groups in total. The molecule has 1 aliphatic rings. The van der Waals surface area contributed by atoms with E-state index in [0.717, 1.165) is 30.6 Å². The van der Waals surface area contributed by atoms with E-state index in [1.807, 2.05) is 6.92 Å². The maximum absolute atomic E-state index is 9.73. The molecule has 26 heavy (non-hydrogen) atoms. The van der Waals surface area contributed by atoms with Crippen LogP contribution in [0.15, 0.2) is 12.1 Å². The number of nitrogen functional groups attached to an aromatic ring is 1. The van der Waals surface area contributed by atoms with Crippen LogP contribution in [-0.4, -0.2) is 25.2 Å². The van der Waals surface area contributed by atoms with Crippen LogP contribution in [0.3, 0.4) is 0 Å². The van der Waals surface area contributed by atoms with Gasteiger partial charge in [0.1, 0.15) is 17.5 Å². The first-order chi connectivity index (χ1) is 12.6. The summed E-state index contributed by atoms with van der Waals surface area (Å²) >= 11 is 6.32. The van der Waals surface area contributed by atoms with E-state index < -0.39 is 0 Å². The summed E-state index contributed by atoms with van der Waals surface area (Å²) in [6.45, 7) is 3.98. The third kappa shape index (κ3) is 3.28. The summed E-state index contributed by atoms with van der Waals surface area (Å²) in [5, 5.41) is 13.6. The van der Waals surface area contributed by atoms with Gasteiger partial charge in [-0.3, -0.25) is 0 Å². The number of nitriles is 1. The molecule has 0 saturated heterocycles. The minimum Gasteiger partial charge on any atom is -0.493 e. The van der Waals surface area contributed by atoms with Crippen molar-refractivity contribution in [1.29, 1.82) is 5.26 Å². The zero-order chi connectivity index (χ0) is 18.7. The van der Waals surface area contributed by atoms with Gasteiger partial charge in [-0.1, -0.05) is 18.5 Å². The number of pyridine rings is 1. The van der Waals surface area contributed by atoms with Gasteiger partial charge in [-0.05, 0) is 18.1 Å². The first-order valence-corrected chi connectivity index (χ1v) is 8.91. The largest absolute Gasteiger partial charge is 0.493 e. The van der Waals surface area contributed by atoms with Gasteiger partial charge < -0.3 is 20.5 Å². The summed E-state index contributed by atoms with van der Waals surface area (Å²) in [5.74, 6) is 1.31. The molecule has 0 spiro atoms. The minimum atomic E-state index is 0.225. The van der Waals surface area contributed by atoms with Crippen LogP contribution in [-0.2, 0) is 13.0 Å². The van der Waals surface area contributed by atoms with E-state index in [1.54, 1.807) is 19.2 Å². The molecule has 2 heterocycles. The van der Waals surface area contributed by atoms with Crippen LogP contribution in [0.2, 0.25) is 5.02 Å². The summed E-state index contributed by atoms with van der Waals surface area (Å²) in [4.78, 5) is 4.44. The van der Waals surface area contributed by atoms with Gasteiger partial charge >= 0.3 is 0 Å². The third-order valence-electron chi connectivity index (χ3n) is 4.32. The van der Waals surface area contributed by atoms with Crippen molar-refractivity contribution in [2.75, 3.05) is 26.0 Å².